The van der Waals surface area contributed by atoms with Gasteiger partial charge in [-0.3, -0.25) is 9.59 Å². The first kappa shape index (κ1) is 21.3. The van der Waals surface area contributed by atoms with Crippen molar-refractivity contribution in [3.8, 4) is 33.3 Å². The van der Waals surface area contributed by atoms with Gasteiger partial charge in [-0.25, -0.2) is 4.98 Å². The molecule has 0 aliphatic heterocycles. The number of hydrogen-bond acceptors (Lipinski definition) is 6. The Balaban J connectivity index is 1.25. The van der Waals surface area contributed by atoms with Gasteiger partial charge in [0, 0.05) is 34.5 Å². The van der Waals surface area contributed by atoms with Crippen LogP contribution in [0.2, 0.25) is 0 Å². The van der Waals surface area contributed by atoms with Crippen molar-refractivity contribution in [1.82, 2.24) is 9.97 Å². The fraction of sp³-hybridized carbons (Fsp3) is 0.107. The summed E-state index contributed by atoms with van der Waals surface area (Å²) < 4.78 is 11.3. The van der Waals surface area contributed by atoms with Gasteiger partial charge in [-0.05, 0) is 61.0 Å². The molecular formula is C28H20N2O4S. The Morgan fingerprint density at radius 1 is 0.914 bits per heavy atom. The van der Waals surface area contributed by atoms with Crippen molar-refractivity contribution in [3.05, 3.63) is 112 Å². The van der Waals surface area contributed by atoms with E-state index in [4.69, 9.17) is 9.15 Å². The highest BCUT2D eigenvalue weighted by molar-refractivity contribution is 7.13. The number of carbonyl (C=O) groups is 1. The predicted molar refractivity (Wildman–Crippen MR) is 134 cm³/mol. The first-order valence-corrected chi connectivity index (χ1v) is 12.1. The Hall–Kier alpha value is -4.23. The number of para-hydroxylation sites is 1. The number of benzene rings is 2. The summed E-state index contributed by atoms with van der Waals surface area (Å²) in [6, 6.07) is 22.6. The lowest BCUT2D eigenvalue weighted by Crippen LogP contribution is -2.24. The van der Waals surface area contributed by atoms with Crippen LogP contribution in [0.4, 0.5) is 0 Å². The average Bonchev–Trinajstić information content (AvgIpc) is 3.58. The Labute approximate surface area is 204 Å². The number of pyridine rings is 1. The number of H-pyrrole nitrogens is 1. The molecule has 0 amide bonds. The Kier molecular flexibility index (Phi) is 5.39. The molecule has 1 aliphatic rings. The van der Waals surface area contributed by atoms with Gasteiger partial charge in [0.15, 0.2) is 5.78 Å². The molecule has 0 radical (unpaired) electrons. The van der Waals surface area contributed by atoms with Gasteiger partial charge in [0.25, 0.3) is 5.56 Å². The van der Waals surface area contributed by atoms with E-state index in [1.54, 1.807) is 12.3 Å². The zero-order chi connectivity index (χ0) is 23.8. The summed E-state index contributed by atoms with van der Waals surface area (Å²) >= 11 is 1.38. The van der Waals surface area contributed by atoms with E-state index in [2.05, 4.69) is 9.97 Å². The highest BCUT2D eigenvalue weighted by atomic mass is 32.1. The van der Waals surface area contributed by atoms with E-state index in [1.165, 1.54) is 11.3 Å². The molecule has 35 heavy (non-hydrogen) atoms. The van der Waals surface area contributed by atoms with Crippen LogP contribution in [0.25, 0.3) is 21.8 Å². The molecule has 1 unspecified atom stereocenters. The lowest BCUT2D eigenvalue weighted by molar-refractivity contribution is 0.0959. The van der Waals surface area contributed by atoms with Gasteiger partial charge >= 0.3 is 0 Å². The molecule has 0 saturated heterocycles. The second-order valence-electron chi connectivity index (χ2n) is 8.43. The Morgan fingerprint density at radius 2 is 1.71 bits per heavy atom. The summed E-state index contributed by atoms with van der Waals surface area (Å²) in [5.74, 6) is 2.20. The molecular weight excluding hydrogens is 460 g/mol. The van der Waals surface area contributed by atoms with Crippen LogP contribution >= 0.6 is 11.3 Å². The first-order valence-electron chi connectivity index (χ1n) is 11.3. The van der Waals surface area contributed by atoms with E-state index in [-0.39, 0.29) is 17.3 Å². The van der Waals surface area contributed by atoms with Gasteiger partial charge in [0.2, 0.25) is 0 Å². The van der Waals surface area contributed by atoms with E-state index in [1.807, 2.05) is 72.1 Å². The van der Waals surface area contributed by atoms with Gasteiger partial charge in [-0.15, -0.1) is 11.3 Å². The molecule has 1 N–H and O–H groups in total. The highest BCUT2D eigenvalue weighted by Gasteiger charge is 2.29. The Morgan fingerprint density at radius 3 is 2.49 bits per heavy atom. The van der Waals surface area contributed by atoms with Crippen LogP contribution in [-0.4, -0.2) is 15.8 Å². The second kappa shape index (κ2) is 8.85. The number of aromatic amines is 1. The van der Waals surface area contributed by atoms with Crippen molar-refractivity contribution in [2.24, 2.45) is 0 Å². The van der Waals surface area contributed by atoms with Crippen molar-refractivity contribution in [2.45, 2.75) is 18.8 Å². The number of nitrogens with zero attached hydrogens (tertiary/aromatic N) is 1. The minimum absolute atomic E-state index is 0.00376. The molecule has 0 bridgehead atoms. The molecule has 6 rings (SSSR count). The maximum absolute atomic E-state index is 12.9. The molecule has 3 heterocycles. The quantitative estimate of drug-likeness (QED) is 0.312. The van der Waals surface area contributed by atoms with Crippen molar-refractivity contribution in [2.75, 3.05) is 0 Å². The largest absolute Gasteiger partial charge is 0.469 e. The minimum Gasteiger partial charge on any atom is -0.469 e. The molecule has 3 aromatic heterocycles. The topological polar surface area (TPSA) is 85.2 Å². The van der Waals surface area contributed by atoms with Gasteiger partial charge in [0.1, 0.15) is 22.3 Å². The summed E-state index contributed by atoms with van der Waals surface area (Å²) in [6.07, 6.45) is 2.52. The van der Waals surface area contributed by atoms with Crippen LogP contribution in [-0.2, 0) is 6.42 Å². The lowest BCUT2D eigenvalue weighted by Gasteiger charge is -2.22. The SMILES string of the molecule is O=C1CC(c2ccco2)Cc2[nH]c(=O)c(-c3nc(-c4ccc(Oc5ccccc5)cc4)cs3)cc21. The highest BCUT2D eigenvalue weighted by Crippen LogP contribution is 2.34. The van der Waals surface area contributed by atoms with Crippen molar-refractivity contribution >= 4 is 17.1 Å². The number of carbonyl (C=O) groups excluding carboxylic acids is 1. The maximum atomic E-state index is 12.9. The number of ether oxygens (including phenoxy) is 1. The van der Waals surface area contributed by atoms with E-state index in [9.17, 15) is 9.59 Å². The monoisotopic (exact) mass is 480 g/mol. The molecule has 5 aromatic rings. The van der Waals surface area contributed by atoms with Crippen molar-refractivity contribution < 1.29 is 13.9 Å². The van der Waals surface area contributed by atoms with E-state index < -0.39 is 0 Å². The van der Waals surface area contributed by atoms with Crippen LogP contribution in [0.5, 0.6) is 11.5 Å². The normalized spacial score (nSPS) is 15.1. The molecule has 6 nitrogen and oxygen atoms in total. The maximum Gasteiger partial charge on any atom is 0.258 e. The number of thiazole rings is 1. The van der Waals surface area contributed by atoms with Gasteiger partial charge in [-0.1, -0.05) is 18.2 Å². The zero-order valence-corrected chi connectivity index (χ0v) is 19.4. The van der Waals surface area contributed by atoms with Crippen LogP contribution < -0.4 is 10.3 Å². The number of aromatic nitrogens is 2. The third kappa shape index (κ3) is 4.22. The van der Waals surface area contributed by atoms with E-state index >= 15 is 0 Å². The molecule has 0 spiro atoms. The standard InChI is InChI=1S/C28H20N2O4S/c31-25-14-18(26-7-4-12-33-26)13-23-21(25)15-22(27(32)29-23)28-30-24(16-35-28)17-8-10-20(11-9-17)34-19-5-2-1-3-6-19/h1-12,15-16,18H,13-14H2,(H,29,32). The molecule has 0 saturated carbocycles. The predicted octanol–water partition coefficient (Wildman–Crippen LogP) is 6.46. The van der Waals surface area contributed by atoms with E-state index in [0.29, 0.717) is 34.7 Å². The molecule has 7 heteroatoms. The fourth-order valence-corrected chi connectivity index (χ4v) is 5.20. The zero-order valence-electron chi connectivity index (χ0n) is 18.6. The summed E-state index contributed by atoms with van der Waals surface area (Å²) in [7, 11) is 0. The van der Waals surface area contributed by atoms with Gasteiger partial charge in [0.05, 0.1) is 17.5 Å². The number of hydrogen-bond donors (Lipinski definition) is 1. The number of Topliss-reactive ketones (excluding diaryl/α,β-unsaturated/α-hetero) is 1. The number of fused-ring (bicyclic) bond motifs is 1. The van der Waals surface area contributed by atoms with Crippen LogP contribution in [0, 0.1) is 0 Å². The van der Waals surface area contributed by atoms with Crippen LogP contribution in [0.3, 0.4) is 0 Å². The number of rotatable bonds is 5. The number of nitrogens with one attached hydrogen (secondary N) is 1. The van der Waals surface area contributed by atoms with Gasteiger partial charge < -0.3 is 14.1 Å². The summed E-state index contributed by atoms with van der Waals surface area (Å²) in [6.45, 7) is 0. The minimum atomic E-state index is -0.246. The molecule has 172 valence electrons. The third-order valence-corrected chi connectivity index (χ3v) is 6.99. The third-order valence-electron chi connectivity index (χ3n) is 6.11. The van der Waals surface area contributed by atoms with Crippen molar-refractivity contribution in [1.29, 1.82) is 0 Å². The first-order chi connectivity index (χ1) is 17.1. The lowest BCUT2D eigenvalue weighted by atomic mass is 9.84. The van der Waals surface area contributed by atoms with Crippen LogP contribution in [0.15, 0.2) is 93.7 Å². The molecule has 1 atom stereocenters. The molecule has 0 fully saturated rings. The second-order valence-corrected chi connectivity index (χ2v) is 9.28. The number of ketones is 1. The smallest absolute Gasteiger partial charge is 0.258 e. The Bertz CT molecular complexity index is 1550. The van der Waals surface area contributed by atoms with Gasteiger partial charge in [-0.2, -0.15) is 0 Å². The van der Waals surface area contributed by atoms with Crippen LogP contribution in [0.1, 0.15) is 34.2 Å². The molecule has 1 aliphatic carbocycles. The fourth-order valence-electron chi connectivity index (χ4n) is 4.36. The molecule has 2 aromatic carbocycles. The summed E-state index contributed by atoms with van der Waals surface area (Å²) in [4.78, 5) is 33.4. The summed E-state index contributed by atoms with van der Waals surface area (Å²) in [5.41, 5.74) is 3.05. The van der Waals surface area contributed by atoms with E-state index in [0.717, 1.165) is 28.5 Å². The van der Waals surface area contributed by atoms with Crippen molar-refractivity contribution in [3.63, 3.8) is 0 Å². The number of furan rings is 1. The average molecular weight is 481 g/mol. The summed E-state index contributed by atoms with van der Waals surface area (Å²) in [5, 5.41) is 2.49.